The summed E-state index contributed by atoms with van der Waals surface area (Å²) in [6.07, 6.45) is -1.61. The minimum atomic E-state index is -3.36. The predicted molar refractivity (Wildman–Crippen MR) is 134 cm³/mol. The molecule has 0 saturated carbocycles. The van der Waals surface area contributed by atoms with Crippen molar-refractivity contribution in [3.63, 3.8) is 0 Å². The van der Waals surface area contributed by atoms with E-state index in [1.165, 1.54) is 17.2 Å². The number of imidazole rings is 1. The van der Waals surface area contributed by atoms with Crippen LogP contribution in [0.4, 0.5) is 8.78 Å². The molecule has 1 aliphatic heterocycles. The summed E-state index contributed by atoms with van der Waals surface area (Å²) in [6, 6.07) is 0. The highest BCUT2D eigenvalue weighted by Crippen LogP contribution is 2.49. The van der Waals surface area contributed by atoms with Crippen molar-refractivity contribution in [2.45, 2.75) is 102 Å². The van der Waals surface area contributed by atoms with Crippen LogP contribution >= 0.6 is 11.6 Å². The van der Waals surface area contributed by atoms with Gasteiger partial charge in [0.25, 0.3) is 0 Å². The third kappa shape index (κ3) is 4.96. The molecular weight excluding hydrogens is 498 g/mol. The van der Waals surface area contributed by atoms with Crippen molar-refractivity contribution in [2.75, 3.05) is 6.61 Å². The van der Waals surface area contributed by atoms with Crippen LogP contribution in [0.5, 0.6) is 0 Å². The molecule has 0 aromatic carbocycles. The van der Waals surface area contributed by atoms with E-state index >= 15 is 8.78 Å². The normalized spacial score (nSPS) is 24.2. The molecule has 3 atom stereocenters. The highest BCUT2D eigenvalue weighted by molar-refractivity contribution is 6.74. The van der Waals surface area contributed by atoms with Gasteiger partial charge in [0.05, 0.1) is 12.9 Å². The van der Waals surface area contributed by atoms with Crippen LogP contribution in [-0.4, -0.2) is 60.9 Å². The van der Waals surface area contributed by atoms with Crippen LogP contribution in [0, 0.1) is 0 Å². The summed E-state index contributed by atoms with van der Waals surface area (Å²) in [6.45, 7) is 20.5. The van der Waals surface area contributed by atoms with Crippen LogP contribution in [0.1, 0.15) is 47.8 Å². The second-order valence-corrected chi connectivity index (χ2v) is 22.0. The van der Waals surface area contributed by atoms with Crippen molar-refractivity contribution in [3.8, 4) is 0 Å². The number of ether oxygens (including phenoxy) is 1. The van der Waals surface area contributed by atoms with Gasteiger partial charge in [0.15, 0.2) is 27.4 Å². The van der Waals surface area contributed by atoms with Gasteiger partial charge in [-0.2, -0.15) is 8.78 Å². The third-order valence-electron chi connectivity index (χ3n) is 7.56. The van der Waals surface area contributed by atoms with Crippen molar-refractivity contribution in [2.24, 2.45) is 0 Å². The van der Waals surface area contributed by atoms with E-state index in [0.29, 0.717) is 0 Å². The number of fused-ring (bicyclic) bond motifs is 1. The van der Waals surface area contributed by atoms with Gasteiger partial charge in [0, 0.05) is 0 Å². The Balaban J connectivity index is 2.01. The van der Waals surface area contributed by atoms with E-state index in [1.54, 1.807) is 0 Å². The molecule has 0 aliphatic carbocycles. The Labute approximate surface area is 207 Å². The van der Waals surface area contributed by atoms with Crippen LogP contribution < -0.4 is 0 Å². The largest absolute Gasteiger partial charge is 0.414 e. The molecule has 1 fully saturated rings. The molecule has 34 heavy (non-hydrogen) atoms. The van der Waals surface area contributed by atoms with Crippen molar-refractivity contribution in [1.29, 1.82) is 0 Å². The number of hydrogen-bond acceptors (Lipinski definition) is 6. The Morgan fingerprint density at radius 1 is 1.03 bits per heavy atom. The van der Waals surface area contributed by atoms with E-state index in [-0.39, 0.29) is 33.0 Å². The van der Waals surface area contributed by atoms with E-state index in [1.807, 2.05) is 33.9 Å². The monoisotopic (exact) mass is 534 g/mol. The standard InChI is InChI=1S/C22H37ClF2N4O3Si2/c1-20(2,3)33(7,8)30-11-14-16(32-34(9,10)21(4,5)6)22(24,25)19(31-14)29-13-28-15-17(23)26-12-27-18(15)29/h12-14,16,19H,11H2,1-10H3/t14-,16-,19-/m0/s1. The highest BCUT2D eigenvalue weighted by Gasteiger charge is 2.63. The lowest BCUT2D eigenvalue weighted by Gasteiger charge is -2.41. The van der Waals surface area contributed by atoms with Gasteiger partial charge in [-0.3, -0.25) is 4.57 Å². The number of halogens is 3. The Morgan fingerprint density at radius 2 is 1.62 bits per heavy atom. The minimum absolute atomic E-state index is 0.0181. The first-order chi connectivity index (χ1) is 15.3. The van der Waals surface area contributed by atoms with E-state index < -0.39 is 41.0 Å². The first kappa shape index (κ1) is 27.6. The Kier molecular flexibility index (Phi) is 7.18. The summed E-state index contributed by atoms with van der Waals surface area (Å²) in [5.41, 5.74) is 0.424. The fourth-order valence-electron chi connectivity index (χ4n) is 3.24. The summed E-state index contributed by atoms with van der Waals surface area (Å²) >= 11 is 6.10. The van der Waals surface area contributed by atoms with Gasteiger partial charge >= 0.3 is 5.92 Å². The predicted octanol–water partition coefficient (Wildman–Crippen LogP) is 6.42. The molecule has 1 saturated heterocycles. The van der Waals surface area contributed by atoms with Gasteiger partial charge in [0.1, 0.15) is 24.1 Å². The maximum Gasteiger partial charge on any atom is 0.319 e. The molecule has 0 N–H and O–H groups in total. The van der Waals surface area contributed by atoms with Crippen molar-refractivity contribution < 1.29 is 22.4 Å². The zero-order valence-electron chi connectivity index (χ0n) is 21.7. The topological polar surface area (TPSA) is 71.3 Å². The second-order valence-electron chi connectivity index (χ2n) is 12.1. The van der Waals surface area contributed by atoms with Crippen molar-refractivity contribution in [1.82, 2.24) is 19.5 Å². The van der Waals surface area contributed by atoms with Gasteiger partial charge in [-0.1, -0.05) is 53.1 Å². The molecule has 7 nitrogen and oxygen atoms in total. The molecule has 3 rings (SSSR count). The summed E-state index contributed by atoms with van der Waals surface area (Å²) in [7, 11) is -4.77. The zero-order valence-corrected chi connectivity index (χ0v) is 24.5. The van der Waals surface area contributed by atoms with Crippen LogP contribution in [0.25, 0.3) is 11.2 Å². The van der Waals surface area contributed by atoms with E-state index in [0.717, 1.165) is 0 Å². The number of nitrogens with zero attached hydrogens (tertiary/aromatic N) is 4. The molecule has 0 amide bonds. The second kappa shape index (κ2) is 8.84. The Morgan fingerprint density at radius 3 is 2.18 bits per heavy atom. The fraction of sp³-hybridized carbons (Fsp3) is 0.773. The minimum Gasteiger partial charge on any atom is -0.414 e. The summed E-state index contributed by atoms with van der Waals surface area (Å²) < 4.78 is 52.0. The van der Waals surface area contributed by atoms with Crippen molar-refractivity contribution in [3.05, 3.63) is 17.8 Å². The van der Waals surface area contributed by atoms with Gasteiger partial charge < -0.3 is 13.6 Å². The molecule has 12 heteroatoms. The molecule has 0 unspecified atom stereocenters. The zero-order chi connectivity index (χ0) is 25.9. The molecule has 0 bridgehead atoms. The van der Waals surface area contributed by atoms with Crippen molar-refractivity contribution >= 4 is 39.4 Å². The highest BCUT2D eigenvalue weighted by atomic mass is 35.5. The first-order valence-electron chi connectivity index (χ1n) is 11.5. The van der Waals surface area contributed by atoms with Crippen LogP contribution in [0.3, 0.4) is 0 Å². The third-order valence-corrected chi connectivity index (χ3v) is 16.8. The van der Waals surface area contributed by atoms with Crippen LogP contribution in [-0.2, 0) is 13.6 Å². The van der Waals surface area contributed by atoms with Gasteiger partial charge in [-0.15, -0.1) is 0 Å². The number of alkyl halides is 2. The van der Waals surface area contributed by atoms with Gasteiger partial charge in [-0.25, -0.2) is 15.0 Å². The molecule has 2 aromatic heterocycles. The van der Waals surface area contributed by atoms with Gasteiger partial charge in [0.2, 0.25) is 6.23 Å². The first-order valence-corrected chi connectivity index (χ1v) is 17.7. The molecule has 3 heterocycles. The molecule has 1 aliphatic rings. The van der Waals surface area contributed by atoms with E-state index in [9.17, 15) is 0 Å². The lowest BCUT2D eigenvalue weighted by atomic mass is 10.1. The van der Waals surface area contributed by atoms with Gasteiger partial charge in [-0.05, 0) is 36.3 Å². The lowest BCUT2D eigenvalue weighted by molar-refractivity contribution is -0.135. The summed E-state index contributed by atoms with van der Waals surface area (Å²) in [5, 5.41) is -0.233. The molecule has 0 radical (unpaired) electrons. The number of aromatic nitrogens is 4. The Bertz CT molecular complexity index is 1040. The number of hydrogen-bond donors (Lipinski definition) is 0. The average molecular weight is 535 g/mol. The molecule has 192 valence electrons. The average Bonchev–Trinajstić information content (AvgIpc) is 3.18. The SMILES string of the molecule is CC(C)(C)[Si](C)(C)OC[C@@H]1O[C@H](n2cnc3c(Cl)ncnc32)C(F)(F)[C@H]1O[Si](C)(C)C(C)(C)C. The quantitative estimate of drug-likeness (QED) is 0.314. The maximum atomic E-state index is 16.1. The Hall–Kier alpha value is -0.986. The lowest BCUT2D eigenvalue weighted by Crippen LogP contribution is -2.53. The molecule has 2 aromatic rings. The summed E-state index contributed by atoms with van der Waals surface area (Å²) in [4.78, 5) is 12.2. The molecule has 0 spiro atoms. The smallest absolute Gasteiger partial charge is 0.319 e. The number of rotatable bonds is 6. The molecular formula is C22H37ClF2N4O3Si2. The van der Waals surface area contributed by atoms with Crippen LogP contribution in [0.2, 0.25) is 41.4 Å². The van der Waals surface area contributed by atoms with E-state index in [2.05, 4.69) is 48.8 Å². The maximum absolute atomic E-state index is 16.1. The summed E-state index contributed by atoms with van der Waals surface area (Å²) in [5.74, 6) is -3.36. The fourth-order valence-corrected chi connectivity index (χ4v) is 5.73. The van der Waals surface area contributed by atoms with E-state index in [4.69, 9.17) is 25.2 Å². The van der Waals surface area contributed by atoms with Crippen LogP contribution in [0.15, 0.2) is 12.7 Å².